The number of amides is 1. The normalized spacial score (nSPS) is 19.5. The molecule has 106 valence electrons. The fourth-order valence-corrected chi connectivity index (χ4v) is 4.35. The second kappa shape index (κ2) is 6.21. The van der Waals surface area contributed by atoms with E-state index in [1.54, 1.807) is 0 Å². The maximum atomic E-state index is 11.8. The second-order valence-electron chi connectivity index (χ2n) is 4.26. The van der Waals surface area contributed by atoms with E-state index in [2.05, 4.69) is 0 Å². The van der Waals surface area contributed by atoms with Gasteiger partial charge in [0.05, 0.1) is 10.4 Å². The highest BCUT2D eigenvalue weighted by atomic mass is 35.5. The second-order valence-corrected chi connectivity index (χ2v) is 7.89. The molecule has 0 saturated carbocycles. The first kappa shape index (κ1) is 14.8. The molecular formula is C11H14ClNO4S2. The average Bonchev–Trinajstić information content (AvgIpc) is 2.96. The molecule has 0 aromatic carbocycles. The molecule has 0 spiro atoms. The van der Waals surface area contributed by atoms with Crippen LogP contribution in [-0.2, 0) is 19.6 Å². The molecule has 5 nitrogen and oxygen atoms in total. The summed E-state index contributed by atoms with van der Waals surface area (Å²) in [5.41, 5.74) is 0. The van der Waals surface area contributed by atoms with Crippen molar-refractivity contribution in [3.05, 3.63) is 16.5 Å². The van der Waals surface area contributed by atoms with E-state index < -0.39 is 15.9 Å². The van der Waals surface area contributed by atoms with Crippen LogP contribution in [0.4, 0.5) is 0 Å². The van der Waals surface area contributed by atoms with Gasteiger partial charge in [-0.25, -0.2) is 13.1 Å². The summed E-state index contributed by atoms with van der Waals surface area (Å²) < 4.78 is 31.5. The maximum absolute atomic E-state index is 11.8. The summed E-state index contributed by atoms with van der Waals surface area (Å²) >= 11 is 6.59. The monoisotopic (exact) mass is 323 g/mol. The molecular weight excluding hydrogens is 310 g/mol. The zero-order valence-corrected chi connectivity index (χ0v) is 12.5. The summed E-state index contributed by atoms with van der Waals surface area (Å²) in [6.45, 7) is 0.721. The molecule has 1 fully saturated rings. The van der Waals surface area contributed by atoms with Gasteiger partial charge in [0.1, 0.15) is 4.21 Å². The topological polar surface area (TPSA) is 72.5 Å². The quantitative estimate of drug-likeness (QED) is 0.901. The third-order valence-corrected chi connectivity index (χ3v) is 5.88. The number of hydrogen-bond donors (Lipinski definition) is 1. The van der Waals surface area contributed by atoms with Crippen LogP contribution in [0.25, 0.3) is 0 Å². The van der Waals surface area contributed by atoms with Gasteiger partial charge in [0.15, 0.2) is 0 Å². The van der Waals surface area contributed by atoms with Crippen LogP contribution >= 0.6 is 22.9 Å². The van der Waals surface area contributed by atoms with Gasteiger partial charge in [0.2, 0.25) is 5.91 Å². The Hall–Kier alpha value is -0.630. The van der Waals surface area contributed by atoms with E-state index in [9.17, 15) is 13.2 Å². The highest BCUT2D eigenvalue weighted by molar-refractivity contribution is 7.92. The fourth-order valence-electron chi connectivity index (χ4n) is 1.86. The number of ether oxygens (including phenoxy) is 1. The SMILES string of the molecule is O=C(CCC1CCCO1)NS(=O)(=O)c1ccc(Cl)s1. The molecule has 2 heterocycles. The van der Waals surface area contributed by atoms with Crippen molar-refractivity contribution in [2.45, 2.75) is 36.0 Å². The number of halogens is 1. The van der Waals surface area contributed by atoms with Gasteiger partial charge in [0, 0.05) is 13.0 Å². The van der Waals surface area contributed by atoms with Crippen molar-refractivity contribution in [1.29, 1.82) is 0 Å². The van der Waals surface area contributed by atoms with Gasteiger partial charge < -0.3 is 4.74 Å². The summed E-state index contributed by atoms with van der Waals surface area (Å²) in [6.07, 6.45) is 2.69. The van der Waals surface area contributed by atoms with Crippen molar-refractivity contribution >= 4 is 38.9 Å². The van der Waals surface area contributed by atoms with E-state index in [0.717, 1.165) is 30.8 Å². The van der Waals surface area contributed by atoms with Crippen LogP contribution in [0.1, 0.15) is 25.7 Å². The van der Waals surface area contributed by atoms with Crippen molar-refractivity contribution in [3.8, 4) is 0 Å². The van der Waals surface area contributed by atoms with Crippen molar-refractivity contribution in [2.24, 2.45) is 0 Å². The molecule has 19 heavy (non-hydrogen) atoms. The van der Waals surface area contributed by atoms with E-state index >= 15 is 0 Å². The number of nitrogens with one attached hydrogen (secondary N) is 1. The van der Waals surface area contributed by atoms with Gasteiger partial charge in [-0.3, -0.25) is 4.79 Å². The number of carbonyl (C=O) groups is 1. The molecule has 1 aliphatic heterocycles. The van der Waals surface area contributed by atoms with Crippen LogP contribution in [0, 0.1) is 0 Å². The minimum Gasteiger partial charge on any atom is -0.378 e. The summed E-state index contributed by atoms with van der Waals surface area (Å²) in [4.78, 5) is 11.6. The molecule has 0 aliphatic carbocycles. The van der Waals surface area contributed by atoms with Gasteiger partial charge >= 0.3 is 0 Å². The molecule has 1 atom stereocenters. The molecule has 1 saturated heterocycles. The lowest BCUT2D eigenvalue weighted by Crippen LogP contribution is -2.30. The Balaban J connectivity index is 1.87. The molecule has 1 aromatic rings. The Morgan fingerprint density at radius 2 is 2.32 bits per heavy atom. The highest BCUT2D eigenvalue weighted by Crippen LogP contribution is 2.25. The Morgan fingerprint density at radius 3 is 2.89 bits per heavy atom. The molecule has 1 aliphatic rings. The van der Waals surface area contributed by atoms with E-state index in [0.29, 0.717) is 10.8 Å². The number of sulfonamides is 1. The van der Waals surface area contributed by atoms with Crippen molar-refractivity contribution in [2.75, 3.05) is 6.61 Å². The standard InChI is InChI=1S/C11H14ClNO4S2/c12-9-4-6-11(18-9)19(15,16)13-10(14)5-3-8-2-1-7-17-8/h4,6,8H,1-3,5,7H2,(H,13,14). The number of hydrogen-bond acceptors (Lipinski definition) is 5. The third kappa shape index (κ3) is 4.17. The van der Waals surface area contributed by atoms with E-state index in [1.807, 2.05) is 4.72 Å². The van der Waals surface area contributed by atoms with Crippen LogP contribution in [0.15, 0.2) is 16.3 Å². The molecule has 1 aromatic heterocycles. The third-order valence-electron chi connectivity index (χ3n) is 2.78. The fraction of sp³-hybridized carbons (Fsp3) is 0.545. The molecule has 1 unspecified atom stereocenters. The minimum atomic E-state index is -3.79. The van der Waals surface area contributed by atoms with Crippen LogP contribution < -0.4 is 4.72 Å². The van der Waals surface area contributed by atoms with Gasteiger partial charge in [0.25, 0.3) is 10.0 Å². The average molecular weight is 324 g/mol. The Labute approximate surface area is 121 Å². The summed E-state index contributed by atoms with van der Waals surface area (Å²) in [5, 5.41) is 0. The Kier molecular flexibility index (Phi) is 4.83. The van der Waals surface area contributed by atoms with Gasteiger partial charge in [-0.05, 0) is 31.4 Å². The smallest absolute Gasteiger partial charge is 0.273 e. The molecule has 0 bridgehead atoms. The molecule has 1 N–H and O–H groups in total. The van der Waals surface area contributed by atoms with E-state index in [-0.39, 0.29) is 16.7 Å². The van der Waals surface area contributed by atoms with E-state index in [4.69, 9.17) is 16.3 Å². The molecule has 2 rings (SSSR count). The summed E-state index contributed by atoms with van der Waals surface area (Å²) in [7, 11) is -3.79. The zero-order chi connectivity index (χ0) is 13.9. The molecule has 1 amide bonds. The number of thiophene rings is 1. The van der Waals surface area contributed by atoms with Gasteiger partial charge in [-0.2, -0.15) is 0 Å². The van der Waals surface area contributed by atoms with Crippen molar-refractivity contribution in [1.82, 2.24) is 4.72 Å². The first-order valence-corrected chi connectivity index (χ1v) is 8.58. The lowest BCUT2D eigenvalue weighted by Gasteiger charge is -2.09. The van der Waals surface area contributed by atoms with E-state index in [1.165, 1.54) is 12.1 Å². The van der Waals surface area contributed by atoms with Crippen molar-refractivity contribution < 1.29 is 17.9 Å². The van der Waals surface area contributed by atoms with Gasteiger partial charge in [-0.1, -0.05) is 11.6 Å². The zero-order valence-electron chi connectivity index (χ0n) is 10.1. The number of carbonyl (C=O) groups excluding carboxylic acids is 1. The molecule has 0 radical (unpaired) electrons. The first-order valence-electron chi connectivity index (χ1n) is 5.90. The Morgan fingerprint density at radius 1 is 1.53 bits per heavy atom. The van der Waals surface area contributed by atoms with Crippen LogP contribution in [0.5, 0.6) is 0 Å². The van der Waals surface area contributed by atoms with Crippen molar-refractivity contribution in [3.63, 3.8) is 0 Å². The predicted octanol–water partition coefficient (Wildman–Crippen LogP) is 2.17. The lowest BCUT2D eigenvalue weighted by molar-refractivity contribution is -0.119. The highest BCUT2D eigenvalue weighted by Gasteiger charge is 2.21. The van der Waals surface area contributed by atoms with Crippen LogP contribution in [-0.4, -0.2) is 27.0 Å². The first-order chi connectivity index (χ1) is 8.97. The predicted molar refractivity (Wildman–Crippen MR) is 72.9 cm³/mol. The Bertz CT molecular complexity index is 549. The largest absolute Gasteiger partial charge is 0.378 e. The summed E-state index contributed by atoms with van der Waals surface area (Å²) in [5.74, 6) is -0.514. The molecule has 8 heteroatoms. The van der Waals surface area contributed by atoms with Gasteiger partial charge in [-0.15, -0.1) is 11.3 Å². The van der Waals surface area contributed by atoms with Crippen LogP contribution in [0.2, 0.25) is 4.34 Å². The minimum absolute atomic E-state index is 0.0444. The lowest BCUT2D eigenvalue weighted by atomic mass is 10.1. The maximum Gasteiger partial charge on any atom is 0.273 e. The summed E-state index contributed by atoms with van der Waals surface area (Å²) in [6, 6.07) is 2.86. The van der Waals surface area contributed by atoms with Crippen LogP contribution in [0.3, 0.4) is 0 Å². The number of rotatable bonds is 5.